The summed E-state index contributed by atoms with van der Waals surface area (Å²) in [5, 5.41) is 5.08. The van der Waals surface area contributed by atoms with E-state index < -0.39 is 10.0 Å². The van der Waals surface area contributed by atoms with Crippen LogP contribution in [-0.4, -0.2) is 37.4 Å². The number of hydrogen-bond acceptors (Lipinski definition) is 6. The molecule has 0 spiro atoms. The van der Waals surface area contributed by atoms with E-state index in [1.165, 1.54) is 43.4 Å². The van der Waals surface area contributed by atoms with Gasteiger partial charge in [-0.25, -0.2) is 17.8 Å². The van der Waals surface area contributed by atoms with E-state index >= 15 is 0 Å². The fraction of sp³-hybridized carbons (Fsp3) is 0.176. The number of nitrogens with one attached hydrogen (secondary N) is 1. The van der Waals surface area contributed by atoms with Crippen molar-refractivity contribution in [3.05, 3.63) is 58.3 Å². The van der Waals surface area contributed by atoms with Crippen molar-refractivity contribution in [3.63, 3.8) is 0 Å². The SMILES string of the molecule is COc1ccc(S(=O)(=O)Nc2ncn(Cc3c(Cl)cccc3Cl)n2)cc1OC. The van der Waals surface area contributed by atoms with E-state index in [9.17, 15) is 8.42 Å². The molecule has 1 N–H and O–H groups in total. The molecule has 0 unspecified atom stereocenters. The Labute approximate surface area is 172 Å². The van der Waals surface area contributed by atoms with Crippen LogP contribution in [0.4, 0.5) is 5.95 Å². The number of sulfonamides is 1. The lowest BCUT2D eigenvalue weighted by molar-refractivity contribution is 0.354. The van der Waals surface area contributed by atoms with Gasteiger partial charge in [0.2, 0.25) is 0 Å². The number of ether oxygens (including phenoxy) is 2. The molecule has 1 aromatic heterocycles. The van der Waals surface area contributed by atoms with Crippen molar-refractivity contribution in [2.24, 2.45) is 0 Å². The van der Waals surface area contributed by atoms with E-state index in [2.05, 4.69) is 14.8 Å². The minimum atomic E-state index is -3.92. The summed E-state index contributed by atoms with van der Waals surface area (Å²) in [6.45, 7) is 0.240. The largest absolute Gasteiger partial charge is 0.493 e. The predicted octanol–water partition coefficient (Wildman–Crippen LogP) is 3.45. The van der Waals surface area contributed by atoms with E-state index in [1.807, 2.05) is 0 Å². The zero-order valence-electron chi connectivity index (χ0n) is 14.9. The number of nitrogens with zero attached hydrogens (tertiary/aromatic N) is 3. The molecule has 28 heavy (non-hydrogen) atoms. The molecule has 0 radical (unpaired) electrons. The molecule has 0 fully saturated rings. The van der Waals surface area contributed by atoms with Crippen molar-refractivity contribution in [2.75, 3.05) is 18.9 Å². The third-order valence-corrected chi connectivity index (χ3v) is 5.84. The summed E-state index contributed by atoms with van der Waals surface area (Å²) in [4.78, 5) is 3.96. The second-order valence-corrected chi connectivity index (χ2v) is 8.09. The van der Waals surface area contributed by atoms with E-state index in [0.717, 1.165) is 0 Å². The van der Waals surface area contributed by atoms with Crippen molar-refractivity contribution in [2.45, 2.75) is 11.4 Å². The Morgan fingerprint density at radius 2 is 1.75 bits per heavy atom. The zero-order valence-corrected chi connectivity index (χ0v) is 17.2. The Balaban J connectivity index is 1.81. The number of aromatic nitrogens is 3. The van der Waals surface area contributed by atoms with Gasteiger partial charge in [0, 0.05) is 21.7 Å². The Morgan fingerprint density at radius 1 is 1.07 bits per heavy atom. The highest BCUT2D eigenvalue weighted by molar-refractivity contribution is 7.92. The van der Waals surface area contributed by atoms with Crippen molar-refractivity contribution in [3.8, 4) is 11.5 Å². The summed E-state index contributed by atoms with van der Waals surface area (Å²) in [6, 6.07) is 9.39. The maximum Gasteiger partial charge on any atom is 0.264 e. The van der Waals surface area contributed by atoms with Gasteiger partial charge in [-0.1, -0.05) is 29.3 Å². The minimum Gasteiger partial charge on any atom is -0.493 e. The van der Waals surface area contributed by atoms with Crippen molar-refractivity contribution in [1.82, 2.24) is 14.8 Å². The predicted molar refractivity (Wildman–Crippen MR) is 106 cm³/mol. The van der Waals surface area contributed by atoms with Crippen LogP contribution in [0.3, 0.4) is 0 Å². The molecule has 0 aliphatic heterocycles. The summed E-state index contributed by atoms with van der Waals surface area (Å²) < 4.78 is 39.2. The Kier molecular flexibility index (Phi) is 5.97. The van der Waals surface area contributed by atoms with Crippen LogP contribution in [0.5, 0.6) is 11.5 Å². The van der Waals surface area contributed by atoms with Gasteiger partial charge >= 0.3 is 0 Å². The summed E-state index contributed by atoms with van der Waals surface area (Å²) in [6.07, 6.45) is 1.38. The molecular weight excluding hydrogens is 427 g/mol. The molecular formula is C17H16Cl2N4O4S. The molecule has 0 aliphatic carbocycles. The molecule has 0 saturated carbocycles. The lowest BCUT2D eigenvalue weighted by Crippen LogP contribution is -2.14. The van der Waals surface area contributed by atoms with Gasteiger partial charge in [-0.05, 0) is 24.3 Å². The molecule has 0 amide bonds. The van der Waals surface area contributed by atoms with Gasteiger partial charge in [0.25, 0.3) is 16.0 Å². The van der Waals surface area contributed by atoms with Gasteiger partial charge < -0.3 is 9.47 Å². The van der Waals surface area contributed by atoms with Gasteiger partial charge in [-0.2, -0.15) is 4.98 Å². The molecule has 3 aromatic rings. The van der Waals surface area contributed by atoms with E-state index in [0.29, 0.717) is 21.4 Å². The first-order chi connectivity index (χ1) is 13.3. The minimum absolute atomic E-state index is 0.0179. The standard InChI is InChI=1S/C17H16Cl2N4O4S/c1-26-15-7-6-11(8-16(15)27-2)28(24,25)22-17-20-10-23(21-17)9-12-13(18)4-3-5-14(12)19/h3-8,10H,9H2,1-2H3,(H,21,22). The number of benzene rings is 2. The fourth-order valence-electron chi connectivity index (χ4n) is 2.43. The van der Waals surface area contributed by atoms with Crippen LogP contribution < -0.4 is 14.2 Å². The number of methoxy groups -OCH3 is 2. The van der Waals surface area contributed by atoms with Crippen LogP contribution in [-0.2, 0) is 16.6 Å². The summed E-state index contributed by atoms with van der Waals surface area (Å²) >= 11 is 12.3. The average Bonchev–Trinajstić information content (AvgIpc) is 3.10. The first-order valence-corrected chi connectivity index (χ1v) is 10.1. The topological polar surface area (TPSA) is 95.3 Å². The van der Waals surface area contributed by atoms with Gasteiger partial charge in [0.15, 0.2) is 11.5 Å². The number of hydrogen-bond donors (Lipinski definition) is 1. The van der Waals surface area contributed by atoms with Crippen LogP contribution in [0.1, 0.15) is 5.56 Å². The second-order valence-electron chi connectivity index (χ2n) is 5.59. The fourth-order valence-corrected chi connectivity index (χ4v) is 3.90. The molecule has 0 atom stereocenters. The van der Waals surface area contributed by atoms with Crippen LogP contribution in [0.2, 0.25) is 10.0 Å². The van der Waals surface area contributed by atoms with Gasteiger partial charge in [0.05, 0.1) is 25.7 Å². The van der Waals surface area contributed by atoms with Crippen molar-refractivity contribution in [1.29, 1.82) is 0 Å². The first-order valence-electron chi connectivity index (χ1n) is 7.91. The molecule has 148 valence electrons. The highest BCUT2D eigenvalue weighted by Crippen LogP contribution is 2.30. The number of rotatable bonds is 7. The monoisotopic (exact) mass is 442 g/mol. The van der Waals surface area contributed by atoms with E-state index in [1.54, 1.807) is 18.2 Å². The van der Waals surface area contributed by atoms with Crippen LogP contribution in [0.15, 0.2) is 47.6 Å². The van der Waals surface area contributed by atoms with E-state index in [4.69, 9.17) is 32.7 Å². The summed E-state index contributed by atoms with van der Waals surface area (Å²) in [5.41, 5.74) is 0.657. The second kappa shape index (κ2) is 8.26. The average molecular weight is 443 g/mol. The first kappa shape index (κ1) is 20.2. The summed E-state index contributed by atoms with van der Waals surface area (Å²) in [7, 11) is -1.04. The highest BCUT2D eigenvalue weighted by Gasteiger charge is 2.19. The van der Waals surface area contributed by atoms with Crippen LogP contribution in [0, 0.1) is 0 Å². The zero-order chi connectivity index (χ0) is 20.3. The Hall–Kier alpha value is -2.49. The number of halogens is 2. The molecule has 0 bridgehead atoms. The molecule has 3 rings (SSSR count). The normalized spacial score (nSPS) is 11.3. The van der Waals surface area contributed by atoms with E-state index in [-0.39, 0.29) is 23.1 Å². The van der Waals surface area contributed by atoms with Gasteiger partial charge in [0.1, 0.15) is 6.33 Å². The Morgan fingerprint density at radius 3 is 2.39 bits per heavy atom. The quantitative estimate of drug-likeness (QED) is 0.601. The van der Waals surface area contributed by atoms with Crippen LogP contribution in [0.25, 0.3) is 0 Å². The Bertz CT molecular complexity index is 1080. The van der Waals surface area contributed by atoms with Crippen molar-refractivity contribution >= 4 is 39.2 Å². The highest BCUT2D eigenvalue weighted by atomic mass is 35.5. The smallest absolute Gasteiger partial charge is 0.264 e. The maximum atomic E-state index is 12.6. The lowest BCUT2D eigenvalue weighted by atomic mass is 10.2. The third-order valence-electron chi connectivity index (χ3n) is 3.81. The molecule has 0 aliphatic rings. The number of anilines is 1. The third kappa shape index (κ3) is 4.32. The molecule has 8 nitrogen and oxygen atoms in total. The van der Waals surface area contributed by atoms with Gasteiger partial charge in [-0.15, -0.1) is 5.10 Å². The molecule has 2 aromatic carbocycles. The molecule has 1 heterocycles. The lowest BCUT2D eigenvalue weighted by Gasteiger charge is -2.10. The van der Waals surface area contributed by atoms with Crippen LogP contribution >= 0.6 is 23.2 Å². The maximum absolute atomic E-state index is 12.6. The van der Waals surface area contributed by atoms with Crippen molar-refractivity contribution < 1.29 is 17.9 Å². The molecule has 11 heteroatoms. The van der Waals surface area contributed by atoms with Gasteiger partial charge in [-0.3, -0.25) is 0 Å². The molecule has 0 saturated heterocycles. The summed E-state index contributed by atoms with van der Waals surface area (Å²) in [5.74, 6) is 0.621.